The van der Waals surface area contributed by atoms with Crippen molar-refractivity contribution >= 4 is 23.3 Å². The SMILES string of the molecule is C[C@@H](OC(=O)CCC1CCCCC1)C(=O)Nc1ccccc1[N+](=O)[O-]. The molecule has 0 aliphatic heterocycles. The molecule has 1 fully saturated rings. The summed E-state index contributed by atoms with van der Waals surface area (Å²) in [5.74, 6) is -0.423. The van der Waals surface area contributed by atoms with Crippen molar-refractivity contribution in [2.75, 3.05) is 5.32 Å². The van der Waals surface area contributed by atoms with Crippen LogP contribution in [0.5, 0.6) is 0 Å². The molecule has 1 aromatic carbocycles. The molecule has 136 valence electrons. The van der Waals surface area contributed by atoms with Gasteiger partial charge in [0.05, 0.1) is 4.92 Å². The van der Waals surface area contributed by atoms with Crippen molar-refractivity contribution in [2.45, 2.75) is 58.0 Å². The summed E-state index contributed by atoms with van der Waals surface area (Å²) in [7, 11) is 0. The first kappa shape index (κ1) is 18.9. The van der Waals surface area contributed by atoms with Crippen molar-refractivity contribution in [1.82, 2.24) is 0 Å². The number of hydrogen-bond donors (Lipinski definition) is 1. The molecule has 0 spiro atoms. The maximum atomic E-state index is 12.1. The molecule has 0 heterocycles. The minimum atomic E-state index is -1.00. The van der Waals surface area contributed by atoms with Crippen LogP contribution in [0.4, 0.5) is 11.4 Å². The van der Waals surface area contributed by atoms with Gasteiger partial charge in [-0.1, -0.05) is 44.2 Å². The Labute approximate surface area is 146 Å². The molecule has 2 rings (SSSR count). The van der Waals surface area contributed by atoms with E-state index in [2.05, 4.69) is 5.32 Å². The normalized spacial score (nSPS) is 16.0. The van der Waals surface area contributed by atoms with E-state index in [9.17, 15) is 19.7 Å². The number of nitro groups is 1. The first-order chi connectivity index (χ1) is 12.0. The molecule has 0 unspecified atom stereocenters. The fourth-order valence-corrected chi connectivity index (χ4v) is 3.08. The molecule has 7 nitrogen and oxygen atoms in total. The van der Waals surface area contributed by atoms with Gasteiger partial charge >= 0.3 is 5.97 Å². The molecule has 1 atom stereocenters. The third-order valence-corrected chi connectivity index (χ3v) is 4.52. The summed E-state index contributed by atoms with van der Waals surface area (Å²) in [5.41, 5.74) is -0.116. The number of rotatable bonds is 7. The summed E-state index contributed by atoms with van der Waals surface area (Å²) in [6.45, 7) is 1.46. The summed E-state index contributed by atoms with van der Waals surface area (Å²) in [4.78, 5) is 34.4. The van der Waals surface area contributed by atoms with E-state index < -0.39 is 22.9 Å². The number of ether oxygens (including phenoxy) is 1. The Morgan fingerprint density at radius 2 is 1.96 bits per heavy atom. The van der Waals surface area contributed by atoms with Crippen LogP contribution in [0.2, 0.25) is 0 Å². The van der Waals surface area contributed by atoms with E-state index in [1.807, 2.05) is 0 Å². The second kappa shape index (κ2) is 9.15. The zero-order valence-corrected chi connectivity index (χ0v) is 14.4. The number of esters is 1. The van der Waals surface area contributed by atoms with Gasteiger partial charge in [-0.25, -0.2) is 0 Å². The number of hydrogen-bond acceptors (Lipinski definition) is 5. The number of carbonyl (C=O) groups excluding carboxylic acids is 2. The second-order valence-corrected chi connectivity index (χ2v) is 6.44. The Balaban J connectivity index is 1.81. The van der Waals surface area contributed by atoms with Crippen LogP contribution in [0.1, 0.15) is 51.9 Å². The fourth-order valence-electron chi connectivity index (χ4n) is 3.08. The van der Waals surface area contributed by atoms with Gasteiger partial charge in [0.15, 0.2) is 6.10 Å². The van der Waals surface area contributed by atoms with Gasteiger partial charge in [0, 0.05) is 12.5 Å². The monoisotopic (exact) mass is 348 g/mol. The number of nitro benzene ring substituents is 1. The Morgan fingerprint density at radius 3 is 2.64 bits per heavy atom. The number of nitrogens with one attached hydrogen (secondary N) is 1. The first-order valence-corrected chi connectivity index (χ1v) is 8.71. The molecule has 0 saturated heterocycles. The second-order valence-electron chi connectivity index (χ2n) is 6.44. The lowest BCUT2D eigenvalue weighted by atomic mass is 9.86. The number of amides is 1. The van der Waals surface area contributed by atoms with E-state index >= 15 is 0 Å². The highest BCUT2D eigenvalue weighted by atomic mass is 16.6. The van der Waals surface area contributed by atoms with Gasteiger partial charge in [-0.3, -0.25) is 19.7 Å². The summed E-state index contributed by atoms with van der Waals surface area (Å²) in [5, 5.41) is 13.4. The van der Waals surface area contributed by atoms with E-state index in [0.717, 1.165) is 19.3 Å². The standard InChI is InChI=1S/C18H24N2O5/c1-13(25-17(21)12-11-14-7-3-2-4-8-14)18(22)19-15-9-5-6-10-16(15)20(23)24/h5-6,9-10,13-14H,2-4,7-8,11-12H2,1H3,(H,19,22)/t13-/m1/s1. The van der Waals surface area contributed by atoms with Crippen LogP contribution in [0.25, 0.3) is 0 Å². The van der Waals surface area contributed by atoms with Crippen molar-refractivity contribution in [3.63, 3.8) is 0 Å². The van der Waals surface area contributed by atoms with E-state index in [1.54, 1.807) is 6.07 Å². The van der Waals surface area contributed by atoms with Crippen molar-refractivity contribution in [3.8, 4) is 0 Å². The van der Waals surface area contributed by atoms with Gasteiger partial charge in [0.1, 0.15) is 5.69 Å². The van der Waals surface area contributed by atoms with Gasteiger partial charge < -0.3 is 10.1 Å². The quantitative estimate of drug-likeness (QED) is 0.459. The van der Waals surface area contributed by atoms with E-state index in [0.29, 0.717) is 12.3 Å². The molecule has 1 amide bonds. The van der Waals surface area contributed by atoms with Gasteiger partial charge in [0.25, 0.3) is 11.6 Å². The summed E-state index contributed by atoms with van der Waals surface area (Å²) in [6.07, 6.45) is 6.10. The van der Waals surface area contributed by atoms with Crippen LogP contribution in [0.15, 0.2) is 24.3 Å². The predicted octanol–water partition coefficient (Wildman–Crippen LogP) is 3.83. The number of para-hydroxylation sites is 2. The van der Waals surface area contributed by atoms with Crippen LogP contribution >= 0.6 is 0 Å². The zero-order valence-electron chi connectivity index (χ0n) is 14.4. The number of anilines is 1. The third-order valence-electron chi connectivity index (χ3n) is 4.52. The molecule has 1 N–H and O–H groups in total. The Morgan fingerprint density at radius 1 is 1.28 bits per heavy atom. The first-order valence-electron chi connectivity index (χ1n) is 8.71. The minimum Gasteiger partial charge on any atom is -0.453 e. The maximum Gasteiger partial charge on any atom is 0.306 e. The molecular formula is C18H24N2O5. The zero-order chi connectivity index (χ0) is 18.2. The van der Waals surface area contributed by atoms with Crippen molar-refractivity contribution in [2.24, 2.45) is 5.92 Å². The Hall–Kier alpha value is -2.44. The Kier molecular flexibility index (Phi) is 6.91. The van der Waals surface area contributed by atoms with Crippen LogP contribution in [0, 0.1) is 16.0 Å². The summed E-state index contributed by atoms with van der Waals surface area (Å²) < 4.78 is 5.15. The molecular weight excluding hydrogens is 324 g/mol. The molecule has 1 aliphatic carbocycles. The van der Waals surface area contributed by atoms with Crippen molar-refractivity contribution in [1.29, 1.82) is 0 Å². The minimum absolute atomic E-state index is 0.0857. The van der Waals surface area contributed by atoms with Crippen molar-refractivity contribution in [3.05, 3.63) is 34.4 Å². The predicted molar refractivity (Wildman–Crippen MR) is 93.1 cm³/mol. The number of benzene rings is 1. The highest BCUT2D eigenvalue weighted by Crippen LogP contribution is 2.27. The molecule has 0 bridgehead atoms. The molecule has 25 heavy (non-hydrogen) atoms. The molecule has 7 heteroatoms. The molecule has 1 saturated carbocycles. The van der Waals surface area contributed by atoms with E-state index in [4.69, 9.17) is 4.74 Å². The van der Waals surface area contributed by atoms with Gasteiger partial charge in [-0.2, -0.15) is 0 Å². The molecule has 1 aliphatic rings. The summed E-state index contributed by atoms with van der Waals surface area (Å²) >= 11 is 0. The molecule has 0 radical (unpaired) electrons. The third kappa shape index (κ3) is 5.85. The van der Waals surface area contributed by atoms with Crippen LogP contribution in [-0.2, 0) is 14.3 Å². The smallest absolute Gasteiger partial charge is 0.306 e. The van der Waals surface area contributed by atoms with Gasteiger partial charge in [-0.15, -0.1) is 0 Å². The van der Waals surface area contributed by atoms with Crippen LogP contribution in [0.3, 0.4) is 0 Å². The number of nitrogens with zero attached hydrogens (tertiary/aromatic N) is 1. The lowest BCUT2D eigenvalue weighted by Crippen LogP contribution is -2.30. The van der Waals surface area contributed by atoms with E-state index in [-0.39, 0.29) is 11.4 Å². The fraction of sp³-hybridized carbons (Fsp3) is 0.556. The van der Waals surface area contributed by atoms with E-state index in [1.165, 1.54) is 44.4 Å². The summed E-state index contributed by atoms with van der Waals surface area (Å²) in [6, 6.07) is 5.84. The molecule has 1 aromatic rings. The average molecular weight is 348 g/mol. The lowest BCUT2D eigenvalue weighted by molar-refractivity contribution is -0.383. The van der Waals surface area contributed by atoms with Gasteiger partial charge in [-0.05, 0) is 25.3 Å². The van der Waals surface area contributed by atoms with Crippen LogP contribution in [-0.4, -0.2) is 22.9 Å². The van der Waals surface area contributed by atoms with Gasteiger partial charge in [0.2, 0.25) is 0 Å². The maximum absolute atomic E-state index is 12.1. The average Bonchev–Trinajstić information content (AvgIpc) is 2.61. The van der Waals surface area contributed by atoms with Crippen molar-refractivity contribution < 1.29 is 19.2 Å². The topological polar surface area (TPSA) is 98.5 Å². The molecule has 0 aromatic heterocycles. The lowest BCUT2D eigenvalue weighted by Gasteiger charge is -2.21. The van der Waals surface area contributed by atoms with Crippen LogP contribution < -0.4 is 5.32 Å². The highest BCUT2D eigenvalue weighted by Gasteiger charge is 2.22. The Bertz CT molecular complexity index is 626. The largest absolute Gasteiger partial charge is 0.453 e. The highest BCUT2D eigenvalue weighted by molar-refractivity contribution is 5.96. The number of carbonyl (C=O) groups is 2.